The molecule has 1 saturated heterocycles. The number of benzene rings is 1. The Morgan fingerprint density at radius 1 is 1.25 bits per heavy atom. The van der Waals surface area contributed by atoms with E-state index < -0.39 is 21.7 Å². The maximum atomic E-state index is 13.6. The molecule has 0 radical (unpaired) electrons. The van der Waals surface area contributed by atoms with E-state index in [4.69, 9.17) is 11.6 Å². The van der Waals surface area contributed by atoms with Crippen molar-refractivity contribution in [3.8, 4) is 0 Å². The molecule has 2 aromatic rings. The molecule has 0 atom stereocenters. The Balaban J connectivity index is 1.90. The minimum Gasteiger partial charge on any atom is -0.369 e. The van der Waals surface area contributed by atoms with Gasteiger partial charge in [0.1, 0.15) is 0 Å². The lowest BCUT2D eigenvalue weighted by Gasteiger charge is -2.31. The zero-order valence-corrected chi connectivity index (χ0v) is 16.1. The highest BCUT2D eigenvalue weighted by molar-refractivity contribution is 7.91. The van der Waals surface area contributed by atoms with E-state index in [0.717, 1.165) is 6.20 Å². The molecule has 150 valence electrons. The minimum atomic E-state index is -4.74. The first kappa shape index (κ1) is 20.4. The summed E-state index contributed by atoms with van der Waals surface area (Å²) in [5.41, 5.74) is -0.959. The highest BCUT2D eigenvalue weighted by Gasteiger charge is 2.38. The number of rotatable bonds is 4. The van der Waals surface area contributed by atoms with Crippen molar-refractivity contribution in [3.05, 3.63) is 53.3 Å². The van der Waals surface area contributed by atoms with Gasteiger partial charge in [0.15, 0.2) is 15.5 Å². The van der Waals surface area contributed by atoms with Crippen molar-refractivity contribution in [2.45, 2.75) is 6.18 Å². The number of aromatic nitrogens is 2. The van der Waals surface area contributed by atoms with Crippen LogP contribution >= 0.6 is 11.6 Å². The van der Waals surface area contributed by atoms with Crippen LogP contribution in [0.3, 0.4) is 0 Å². The van der Waals surface area contributed by atoms with E-state index in [0.29, 0.717) is 10.7 Å². The molecule has 0 unspecified atom stereocenters. The molecular formula is C17H16ClF3N4O2S. The van der Waals surface area contributed by atoms with Gasteiger partial charge in [-0.05, 0) is 18.2 Å². The topological polar surface area (TPSA) is 75.2 Å². The Morgan fingerprint density at radius 3 is 2.54 bits per heavy atom. The van der Waals surface area contributed by atoms with Crippen LogP contribution in [-0.4, -0.2) is 47.9 Å². The van der Waals surface area contributed by atoms with Gasteiger partial charge in [-0.15, -0.1) is 0 Å². The summed E-state index contributed by atoms with van der Waals surface area (Å²) >= 11 is 5.87. The van der Waals surface area contributed by atoms with Gasteiger partial charge in [-0.2, -0.15) is 13.2 Å². The molecule has 1 N–H and O–H groups in total. The number of alkyl halides is 3. The first-order valence-electron chi connectivity index (χ1n) is 8.17. The minimum absolute atomic E-state index is 0.0385. The third-order valence-electron chi connectivity index (χ3n) is 4.18. The Morgan fingerprint density at radius 2 is 1.93 bits per heavy atom. The van der Waals surface area contributed by atoms with Gasteiger partial charge in [-0.3, -0.25) is 0 Å². The molecular weight excluding hydrogens is 417 g/mol. The number of halogens is 4. The molecule has 11 heteroatoms. The predicted octanol–water partition coefficient (Wildman–Crippen LogP) is 3.59. The van der Waals surface area contributed by atoms with Crippen LogP contribution in [0.15, 0.2) is 37.0 Å². The summed E-state index contributed by atoms with van der Waals surface area (Å²) in [7, 11) is -3.17. The van der Waals surface area contributed by atoms with Gasteiger partial charge in [0, 0.05) is 41.3 Å². The molecule has 1 aliphatic rings. The van der Waals surface area contributed by atoms with Crippen molar-refractivity contribution in [1.29, 1.82) is 0 Å². The summed E-state index contributed by atoms with van der Waals surface area (Å²) in [6.07, 6.45) is -3.71. The van der Waals surface area contributed by atoms with E-state index >= 15 is 0 Å². The standard InChI is InChI=1S/C17H16ClF3N4O2S/c1-11(25-5-7-28(26,27)8-6-25)14-10-22-16(24-15(14)17(19,20)21)23-13-4-2-3-12(18)9-13/h2-4,9-10H,1,5-8H2,(H,22,23,24). The van der Waals surface area contributed by atoms with Crippen LogP contribution in [0.2, 0.25) is 5.02 Å². The maximum Gasteiger partial charge on any atom is 0.434 e. The third kappa shape index (κ3) is 4.74. The Hall–Kier alpha value is -2.33. The molecule has 1 aromatic carbocycles. The zero-order chi connectivity index (χ0) is 20.5. The van der Waals surface area contributed by atoms with Crippen molar-refractivity contribution in [2.24, 2.45) is 0 Å². The van der Waals surface area contributed by atoms with E-state index in [-0.39, 0.29) is 41.8 Å². The van der Waals surface area contributed by atoms with E-state index in [9.17, 15) is 21.6 Å². The number of nitrogens with zero attached hydrogens (tertiary/aromatic N) is 3. The molecule has 0 saturated carbocycles. The molecule has 0 spiro atoms. The van der Waals surface area contributed by atoms with E-state index in [1.165, 1.54) is 11.0 Å². The van der Waals surface area contributed by atoms with Crippen LogP contribution in [0, 0.1) is 0 Å². The molecule has 1 aliphatic heterocycles. The molecule has 28 heavy (non-hydrogen) atoms. The molecule has 0 amide bonds. The lowest BCUT2D eigenvalue weighted by atomic mass is 10.1. The number of hydrogen-bond donors (Lipinski definition) is 1. The monoisotopic (exact) mass is 432 g/mol. The van der Waals surface area contributed by atoms with Crippen LogP contribution in [0.1, 0.15) is 11.3 Å². The second-order valence-corrected chi connectivity index (χ2v) is 8.91. The molecule has 3 rings (SSSR count). The number of nitrogens with one attached hydrogen (secondary N) is 1. The van der Waals surface area contributed by atoms with Crippen LogP contribution in [0.25, 0.3) is 5.70 Å². The fraction of sp³-hybridized carbons (Fsp3) is 0.294. The summed E-state index contributed by atoms with van der Waals surface area (Å²) in [5, 5.41) is 3.09. The van der Waals surface area contributed by atoms with Crippen molar-refractivity contribution in [1.82, 2.24) is 14.9 Å². The highest BCUT2D eigenvalue weighted by atomic mass is 35.5. The Kier molecular flexibility index (Phi) is 5.53. The fourth-order valence-corrected chi connectivity index (χ4v) is 4.11. The summed E-state index contributed by atoms with van der Waals surface area (Å²) in [6.45, 7) is 3.85. The second-order valence-electron chi connectivity index (χ2n) is 6.17. The van der Waals surface area contributed by atoms with Gasteiger partial charge in [0.2, 0.25) is 5.95 Å². The molecule has 1 aromatic heterocycles. The molecule has 1 fully saturated rings. The lowest BCUT2D eigenvalue weighted by Crippen LogP contribution is -2.39. The average Bonchev–Trinajstić information content (AvgIpc) is 2.60. The summed E-state index contributed by atoms with van der Waals surface area (Å²) < 4.78 is 63.9. The van der Waals surface area contributed by atoms with E-state index in [1.54, 1.807) is 18.2 Å². The third-order valence-corrected chi connectivity index (χ3v) is 6.02. The van der Waals surface area contributed by atoms with E-state index in [2.05, 4.69) is 21.9 Å². The normalized spacial score (nSPS) is 16.6. The number of hydrogen-bond acceptors (Lipinski definition) is 6. The van der Waals surface area contributed by atoms with Crippen LogP contribution in [0.5, 0.6) is 0 Å². The zero-order valence-electron chi connectivity index (χ0n) is 14.5. The molecule has 2 heterocycles. The van der Waals surface area contributed by atoms with Gasteiger partial charge < -0.3 is 10.2 Å². The van der Waals surface area contributed by atoms with Crippen molar-refractivity contribution in [2.75, 3.05) is 29.9 Å². The number of anilines is 2. The second kappa shape index (κ2) is 7.59. The van der Waals surface area contributed by atoms with Crippen LogP contribution in [0.4, 0.5) is 24.8 Å². The highest BCUT2D eigenvalue weighted by Crippen LogP contribution is 2.35. The van der Waals surface area contributed by atoms with Crippen LogP contribution in [-0.2, 0) is 16.0 Å². The first-order chi connectivity index (χ1) is 13.0. The van der Waals surface area contributed by atoms with Crippen LogP contribution < -0.4 is 5.32 Å². The smallest absolute Gasteiger partial charge is 0.369 e. The summed E-state index contributed by atoms with van der Waals surface area (Å²) in [4.78, 5) is 9.07. The van der Waals surface area contributed by atoms with Gasteiger partial charge in [-0.1, -0.05) is 24.2 Å². The van der Waals surface area contributed by atoms with Crippen molar-refractivity contribution < 1.29 is 21.6 Å². The van der Waals surface area contributed by atoms with Crippen molar-refractivity contribution in [3.63, 3.8) is 0 Å². The summed E-state index contributed by atoms with van der Waals surface area (Å²) in [6, 6.07) is 6.40. The first-order valence-corrected chi connectivity index (χ1v) is 10.4. The van der Waals surface area contributed by atoms with Gasteiger partial charge >= 0.3 is 6.18 Å². The average molecular weight is 433 g/mol. The predicted molar refractivity (Wildman–Crippen MR) is 101 cm³/mol. The van der Waals surface area contributed by atoms with Crippen molar-refractivity contribution >= 4 is 38.8 Å². The quantitative estimate of drug-likeness (QED) is 0.795. The Bertz CT molecular complexity index is 998. The summed E-state index contributed by atoms with van der Waals surface area (Å²) in [5.74, 6) is -0.516. The largest absolute Gasteiger partial charge is 0.434 e. The fourth-order valence-electron chi connectivity index (χ4n) is 2.72. The van der Waals surface area contributed by atoms with Gasteiger partial charge in [0.05, 0.1) is 11.5 Å². The van der Waals surface area contributed by atoms with E-state index in [1.807, 2.05) is 0 Å². The lowest BCUT2D eigenvalue weighted by molar-refractivity contribution is -0.141. The Labute approximate surface area is 165 Å². The number of sulfone groups is 1. The maximum absolute atomic E-state index is 13.6. The molecule has 6 nitrogen and oxygen atoms in total. The molecule has 0 aliphatic carbocycles. The van der Waals surface area contributed by atoms with Gasteiger partial charge in [-0.25, -0.2) is 18.4 Å². The SMILES string of the molecule is C=C(c1cnc(Nc2cccc(Cl)c2)nc1C(F)(F)F)N1CCS(=O)(=O)CC1. The van der Waals surface area contributed by atoms with Gasteiger partial charge in [0.25, 0.3) is 0 Å². The molecule has 0 bridgehead atoms.